The second-order valence-electron chi connectivity index (χ2n) is 5.37. The Kier molecular flexibility index (Phi) is 4.44. The normalized spacial score (nSPS) is 21.8. The van der Waals surface area contributed by atoms with Gasteiger partial charge in [-0.1, -0.05) is 23.4 Å². The van der Waals surface area contributed by atoms with Gasteiger partial charge < -0.3 is 9.26 Å². The van der Waals surface area contributed by atoms with Crippen LogP contribution in [0.1, 0.15) is 25.0 Å². The fourth-order valence-electron chi connectivity index (χ4n) is 2.65. The lowest BCUT2D eigenvalue weighted by Gasteiger charge is -2.22. The van der Waals surface area contributed by atoms with Gasteiger partial charge in [-0.25, -0.2) is 13.1 Å². The van der Waals surface area contributed by atoms with Crippen LogP contribution in [-0.2, 0) is 15.8 Å². The first-order valence-electron chi connectivity index (χ1n) is 7.23. The molecule has 1 aromatic carbocycles. The van der Waals surface area contributed by atoms with E-state index in [-0.39, 0.29) is 17.9 Å². The molecule has 0 radical (unpaired) electrons. The highest BCUT2D eigenvalue weighted by Gasteiger charge is 2.32. The second-order valence-corrected chi connectivity index (χ2v) is 7.13. The summed E-state index contributed by atoms with van der Waals surface area (Å²) in [6, 6.07) is 10.8. The number of ether oxygens (including phenoxy) is 1. The molecule has 0 aliphatic heterocycles. The molecule has 2 unspecified atom stereocenters. The van der Waals surface area contributed by atoms with Crippen molar-refractivity contribution in [1.82, 2.24) is 9.88 Å². The van der Waals surface area contributed by atoms with Gasteiger partial charge in [0.2, 0.25) is 10.0 Å². The highest BCUT2D eigenvalue weighted by molar-refractivity contribution is 7.88. The van der Waals surface area contributed by atoms with Gasteiger partial charge in [-0.2, -0.15) is 0 Å². The molecule has 0 saturated heterocycles. The average Bonchev–Trinajstić information content (AvgIpc) is 3.12. The Labute approximate surface area is 129 Å². The van der Waals surface area contributed by atoms with Crippen molar-refractivity contribution in [3.8, 4) is 5.75 Å². The molecule has 2 atom stereocenters. The van der Waals surface area contributed by atoms with Gasteiger partial charge in [0.25, 0.3) is 0 Å². The van der Waals surface area contributed by atoms with Crippen LogP contribution in [0.25, 0.3) is 0 Å². The third-order valence-electron chi connectivity index (χ3n) is 3.64. The molecule has 1 aromatic heterocycles. The molecule has 1 fully saturated rings. The minimum absolute atomic E-state index is 0.144. The number of hydrogen-bond acceptors (Lipinski definition) is 5. The van der Waals surface area contributed by atoms with Crippen LogP contribution in [0.15, 0.2) is 47.2 Å². The summed E-state index contributed by atoms with van der Waals surface area (Å²) in [6.07, 6.45) is 3.77. The van der Waals surface area contributed by atoms with E-state index in [0.717, 1.165) is 25.0 Å². The first kappa shape index (κ1) is 15.1. The molecule has 22 heavy (non-hydrogen) atoms. The zero-order chi connectivity index (χ0) is 15.4. The Hall–Kier alpha value is -1.86. The summed E-state index contributed by atoms with van der Waals surface area (Å²) >= 11 is 0. The van der Waals surface area contributed by atoms with Crippen molar-refractivity contribution in [3.05, 3.63) is 48.4 Å². The molecule has 7 heteroatoms. The van der Waals surface area contributed by atoms with Gasteiger partial charge in [-0.05, 0) is 31.4 Å². The first-order valence-corrected chi connectivity index (χ1v) is 8.88. The number of nitrogens with zero attached hydrogens (tertiary/aromatic N) is 1. The molecular formula is C15H18N2O4S. The molecular weight excluding hydrogens is 304 g/mol. The van der Waals surface area contributed by atoms with Gasteiger partial charge in [0.1, 0.15) is 23.9 Å². The number of benzene rings is 1. The smallest absolute Gasteiger partial charge is 0.217 e. The molecule has 6 nitrogen and oxygen atoms in total. The second kappa shape index (κ2) is 6.50. The van der Waals surface area contributed by atoms with Crippen molar-refractivity contribution in [2.75, 3.05) is 0 Å². The summed E-state index contributed by atoms with van der Waals surface area (Å²) in [5.74, 6) is 0.577. The van der Waals surface area contributed by atoms with Crippen molar-refractivity contribution in [2.24, 2.45) is 0 Å². The topological polar surface area (TPSA) is 81.4 Å². The van der Waals surface area contributed by atoms with Gasteiger partial charge in [-0.15, -0.1) is 0 Å². The van der Waals surface area contributed by atoms with Gasteiger partial charge in [0.05, 0.1) is 11.7 Å². The van der Waals surface area contributed by atoms with Crippen molar-refractivity contribution < 1.29 is 17.7 Å². The Morgan fingerprint density at radius 2 is 2.05 bits per heavy atom. The minimum Gasteiger partial charge on any atom is -0.489 e. The molecule has 0 amide bonds. The van der Waals surface area contributed by atoms with Crippen LogP contribution in [0.3, 0.4) is 0 Å². The Morgan fingerprint density at radius 1 is 1.23 bits per heavy atom. The van der Waals surface area contributed by atoms with E-state index in [9.17, 15) is 8.42 Å². The number of rotatable bonds is 6. The predicted molar refractivity (Wildman–Crippen MR) is 80.8 cm³/mol. The molecule has 0 bridgehead atoms. The van der Waals surface area contributed by atoms with Gasteiger partial charge in [-0.3, -0.25) is 0 Å². The summed E-state index contributed by atoms with van der Waals surface area (Å²) in [4.78, 5) is 0. The zero-order valence-corrected chi connectivity index (χ0v) is 12.8. The van der Waals surface area contributed by atoms with Crippen molar-refractivity contribution in [2.45, 2.75) is 37.2 Å². The van der Waals surface area contributed by atoms with E-state index in [1.807, 2.05) is 30.3 Å². The maximum Gasteiger partial charge on any atom is 0.217 e. The molecule has 118 valence electrons. The average molecular weight is 322 g/mol. The maximum absolute atomic E-state index is 12.2. The van der Waals surface area contributed by atoms with E-state index in [4.69, 9.17) is 4.74 Å². The van der Waals surface area contributed by atoms with Crippen molar-refractivity contribution in [1.29, 1.82) is 0 Å². The standard InChI is InChI=1S/C15H18N2O4S/c18-22(19,11-12-9-10-20-16-12)17-14-7-4-8-15(14)21-13-5-2-1-3-6-13/h1-3,5-6,9-10,14-15,17H,4,7-8,11H2. The number of nitrogens with one attached hydrogen (secondary N) is 1. The van der Waals surface area contributed by atoms with Gasteiger partial charge in [0.15, 0.2) is 0 Å². The quantitative estimate of drug-likeness (QED) is 0.881. The van der Waals surface area contributed by atoms with E-state index >= 15 is 0 Å². The fourth-order valence-corrected chi connectivity index (χ4v) is 4.01. The van der Waals surface area contributed by atoms with Crippen molar-refractivity contribution in [3.63, 3.8) is 0 Å². The molecule has 1 heterocycles. The molecule has 1 N–H and O–H groups in total. The minimum atomic E-state index is -3.47. The SMILES string of the molecule is O=S(=O)(Cc1ccon1)NC1CCCC1Oc1ccccc1. The lowest BCUT2D eigenvalue weighted by Crippen LogP contribution is -2.42. The highest BCUT2D eigenvalue weighted by Crippen LogP contribution is 2.25. The Balaban J connectivity index is 1.63. The molecule has 0 spiro atoms. The molecule has 1 saturated carbocycles. The summed E-state index contributed by atoms with van der Waals surface area (Å²) in [7, 11) is -3.47. The molecule has 3 rings (SSSR count). The maximum atomic E-state index is 12.2. The Morgan fingerprint density at radius 3 is 2.77 bits per heavy atom. The molecule has 2 aromatic rings. The number of sulfonamides is 1. The van der Waals surface area contributed by atoms with Gasteiger partial charge in [0, 0.05) is 6.07 Å². The summed E-state index contributed by atoms with van der Waals surface area (Å²) in [5.41, 5.74) is 0.394. The van der Waals surface area contributed by atoms with Crippen LogP contribution in [0.4, 0.5) is 0 Å². The van der Waals surface area contributed by atoms with E-state index in [1.165, 1.54) is 6.26 Å². The van der Waals surface area contributed by atoms with Crippen LogP contribution in [0, 0.1) is 0 Å². The zero-order valence-electron chi connectivity index (χ0n) is 12.0. The highest BCUT2D eigenvalue weighted by atomic mass is 32.2. The summed E-state index contributed by atoms with van der Waals surface area (Å²) in [6.45, 7) is 0. The predicted octanol–water partition coefficient (Wildman–Crippen LogP) is 2.09. The van der Waals surface area contributed by atoms with E-state index < -0.39 is 10.0 Å². The lowest BCUT2D eigenvalue weighted by molar-refractivity contribution is 0.185. The van der Waals surface area contributed by atoms with E-state index in [2.05, 4.69) is 14.4 Å². The third-order valence-corrected chi connectivity index (χ3v) is 4.98. The van der Waals surface area contributed by atoms with Crippen molar-refractivity contribution >= 4 is 10.0 Å². The largest absolute Gasteiger partial charge is 0.489 e. The summed E-state index contributed by atoms with van der Waals surface area (Å²) < 4.78 is 37.7. The number of aromatic nitrogens is 1. The Bertz CT molecular complexity index is 686. The van der Waals surface area contributed by atoms with Crippen LogP contribution in [0.5, 0.6) is 5.75 Å². The van der Waals surface area contributed by atoms with Crippen LogP contribution < -0.4 is 9.46 Å². The van der Waals surface area contributed by atoms with Crippen LogP contribution in [-0.4, -0.2) is 25.7 Å². The number of para-hydroxylation sites is 1. The monoisotopic (exact) mass is 322 g/mol. The lowest BCUT2D eigenvalue weighted by atomic mass is 10.2. The fraction of sp³-hybridized carbons (Fsp3) is 0.400. The van der Waals surface area contributed by atoms with Gasteiger partial charge >= 0.3 is 0 Å². The number of hydrogen-bond donors (Lipinski definition) is 1. The van der Waals surface area contributed by atoms with Crippen LogP contribution in [0.2, 0.25) is 0 Å². The van der Waals surface area contributed by atoms with Crippen LogP contribution >= 0.6 is 0 Å². The summed E-state index contributed by atoms with van der Waals surface area (Å²) in [5, 5.41) is 3.64. The van der Waals surface area contributed by atoms with E-state index in [0.29, 0.717) is 5.69 Å². The molecule has 1 aliphatic carbocycles. The first-order chi connectivity index (χ1) is 10.6. The molecule has 1 aliphatic rings. The van der Waals surface area contributed by atoms with E-state index in [1.54, 1.807) is 6.07 Å². The third kappa shape index (κ3) is 3.86.